The molecule has 2 nitrogen and oxygen atoms in total. The maximum absolute atomic E-state index is 11.9. The van der Waals surface area contributed by atoms with Gasteiger partial charge >= 0.3 is 0 Å². The van der Waals surface area contributed by atoms with Crippen molar-refractivity contribution < 1.29 is 5.11 Å². The van der Waals surface area contributed by atoms with Gasteiger partial charge in [0, 0.05) is 18.2 Å². The predicted octanol–water partition coefficient (Wildman–Crippen LogP) is 9.73. The van der Waals surface area contributed by atoms with Crippen molar-refractivity contribution in [2.75, 3.05) is 23.4 Å². The van der Waals surface area contributed by atoms with Crippen LogP contribution >= 0.6 is 23.5 Å². The molecule has 212 valence electrons. The fourth-order valence-electron chi connectivity index (χ4n) is 6.48. The Labute approximate surface area is 254 Å². The van der Waals surface area contributed by atoms with Crippen molar-refractivity contribution in [1.82, 2.24) is 0 Å². The highest BCUT2D eigenvalue weighted by molar-refractivity contribution is 8.18. The summed E-state index contributed by atoms with van der Waals surface area (Å²) in [5, 5.41) is 15.6. The Morgan fingerprint density at radius 1 is 0.659 bits per heavy atom. The molecule has 2 aliphatic rings. The Balaban J connectivity index is 1.19. The standard InChI is InChI=1S/C37H41NOS2/c39-36(32-19-17-29(18-20-32)28-11-4-1-5-12-28)37(40-25-10-26-41-37)33-21-23-34(24-22-33)38-27-35(30-13-6-2-7-14-30)31-15-8-3-9-16-31/h2-3,6-9,13-24,28,35-36,38-39H,1,4-5,10-12,25-27H2. The van der Waals surface area contributed by atoms with E-state index >= 15 is 0 Å². The van der Waals surface area contributed by atoms with Gasteiger partial charge in [0.2, 0.25) is 0 Å². The van der Waals surface area contributed by atoms with E-state index in [0.29, 0.717) is 5.92 Å². The van der Waals surface area contributed by atoms with Crippen LogP contribution in [0.25, 0.3) is 0 Å². The fourth-order valence-corrected chi connectivity index (χ4v) is 9.87. The fraction of sp³-hybridized carbons (Fsp3) is 0.351. The number of aliphatic hydroxyl groups excluding tert-OH is 1. The number of nitrogens with one attached hydrogen (secondary N) is 1. The number of rotatable bonds is 9. The summed E-state index contributed by atoms with van der Waals surface area (Å²) in [5.74, 6) is 3.09. The Bertz CT molecular complexity index is 1310. The average Bonchev–Trinajstić information content (AvgIpc) is 3.06. The molecule has 6 rings (SSSR count). The lowest BCUT2D eigenvalue weighted by molar-refractivity contribution is 0.163. The first-order chi connectivity index (χ1) is 20.2. The van der Waals surface area contributed by atoms with E-state index in [-0.39, 0.29) is 10.00 Å². The third-order valence-corrected chi connectivity index (χ3v) is 12.3. The van der Waals surface area contributed by atoms with Crippen LogP contribution in [-0.2, 0) is 4.08 Å². The summed E-state index contributed by atoms with van der Waals surface area (Å²) >= 11 is 3.82. The predicted molar refractivity (Wildman–Crippen MR) is 178 cm³/mol. The van der Waals surface area contributed by atoms with Gasteiger partial charge in [-0.3, -0.25) is 0 Å². The van der Waals surface area contributed by atoms with E-state index < -0.39 is 6.10 Å². The number of hydrogen-bond acceptors (Lipinski definition) is 4. The van der Waals surface area contributed by atoms with Gasteiger partial charge < -0.3 is 10.4 Å². The van der Waals surface area contributed by atoms with Crippen LogP contribution in [0.3, 0.4) is 0 Å². The zero-order valence-corrected chi connectivity index (χ0v) is 25.4. The normalized spacial score (nSPS) is 18.2. The third kappa shape index (κ3) is 6.56. The molecule has 4 aromatic rings. The van der Waals surface area contributed by atoms with Gasteiger partial charge in [-0.15, -0.1) is 23.5 Å². The third-order valence-electron chi connectivity index (χ3n) is 8.81. The Hall–Kier alpha value is -2.66. The van der Waals surface area contributed by atoms with E-state index in [9.17, 15) is 5.11 Å². The van der Waals surface area contributed by atoms with Gasteiger partial charge in [0.05, 0.1) is 0 Å². The molecule has 1 saturated heterocycles. The van der Waals surface area contributed by atoms with Gasteiger partial charge in [0.25, 0.3) is 0 Å². The smallest absolute Gasteiger partial charge is 0.116 e. The van der Waals surface area contributed by atoms with Gasteiger partial charge in [-0.25, -0.2) is 0 Å². The maximum Gasteiger partial charge on any atom is 0.116 e. The Morgan fingerprint density at radius 2 is 1.24 bits per heavy atom. The summed E-state index contributed by atoms with van der Waals surface area (Å²) in [6, 6.07) is 39.3. The van der Waals surface area contributed by atoms with E-state index in [1.807, 2.05) is 23.5 Å². The molecule has 0 bridgehead atoms. The van der Waals surface area contributed by atoms with Crippen LogP contribution in [-0.4, -0.2) is 23.2 Å². The molecule has 2 N–H and O–H groups in total. The van der Waals surface area contributed by atoms with Crippen LogP contribution in [0.1, 0.15) is 84.3 Å². The largest absolute Gasteiger partial charge is 0.386 e. The molecule has 1 heterocycles. The van der Waals surface area contributed by atoms with Gasteiger partial charge in [-0.05, 0) is 76.6 Å². The first-order valence-corrected chi connectivity index (χ1v) is 17.2. The lowest BCUT2D eigenvalue weighted by Crippen LogP contribution is -2.30. The zero-order valence-electron chi connectivity index (χ0n) is 23.8. The first kappa shape index (κ1) is 28.5. The quantitative estimate of drug-likeness (QED) is 0.207. The molecule has 1 saturated carbocycles. The highest BCUT2D eigenvalue weighted by Gasteiger charge is 2.43. The van der Waals surface area contributed by atoms with E-state index in [1.165, 1.54) is 60.8 Å². The van der Waals surface area contributed by atoms with Crippen molar-refractivity contribution in [3.8, 4) is 0 Å². The highest BCUT2D eigenvalue weighted by Crippen LogP contribution is 2.57. The van der Waals surface area contributed by atoms with Crippen molar-refractivity contribution in [3.05, 3.63) is 137 Å². The summed E-state index contributed by atoms with van der Waals surface area (Å²) in [7, 11) is 0. The van der Waals surface area contributed by atoms with Crippen molar-refractivity contribution in [2.24, 2.45) is 0 Å². The molecule has 1 aliphatic carbocycles. The molecule has 2 fully saturated rings. The molecule has 0 radical (unpaired) electrons. The lowest BCUT2D eigenvalue weighted by Gasteiger charge is -2.40. The van der Waals surface area contributed by atoms with Gasteiger partial charge in [-0.2, -0.15) is 0 Å². The summed E-state index contributed by atoms with van der Waals surface area (Å²) in [4.78, 5) is 0. The minimum absolute atomic E-state index is 0.270. The second-order valence-electron chi connectivity index (χ2n) is 11.5. The lowest BCUT2D eigenvalue weighted by atomic mass is 9.83. The minimum atomic E-state index is -0.558. The van der Waals surface area contributed by atoms with Gasteiger partial charge in [0.1, 0.15) is 10.2 Å². The number of aliphatic hydroxyl groups is 1. The summed E-state index contributed by atoms with van der Waals surface area (Å²) in [6.45, 7) is 0.817. The Morgan fingerprint density at radius 3 is 1.83 bits per heavy atom. The highest BCUT2D eigenvalue weighted by atomic mass is 32.2. The molecule has 0 aromatic heterocycles. The van der Waals surface area contributed by atoms with E-state index in [1.54, 1.807) is 0 Å². The van der Waals surface area contributed by atoms with Crippen LogP contribution in [0.15, 0.2) is 109 Å². The topological polar surface area (TPSA) is 32.3 Å². The number of anilines is 1. The van der Waals surface area contributed by atoms with Crippen LogP contribution in [0, 0.1) is 0 Å². The monoisotopic (exact) mass is 579 g/mol. The van der Waals surface area contributed by atoms with Crippen molar-refractivity contribution in [1.29, 1.82) is 0 Å². The molecule has 1 unspecified atom stereocenters. The maximum atomic E-state index is 11.9. The molecule has 1 aliphatic heterocycles. The summed E-state index contributed by atoms with van der Waals surface area (Å²) < 4.78 is -0.389. The van der Waals surface area contributed by atoms with Gasteiger partial charge in [-0.1, -0.05) is 116 Å². The summed E-state index contributed by atoms with van der Waals surface area (Å²) in [6.07, 6.45) is 7.29. The van der Waals surface area contributed by atoms with Crippen molar-refractivity contribution in [2.45, 2.75) is 60.5 Å². The van der Waals surface area contributed by atoms with Crippen LogP contribution in [0.2, 0.25) is 0 Å². The molecule has 41 heavy (non-hydrogen) atoms. The molecule has 4 heteroatoms. The second kappa shape index (κ2) is 13.5. The zero-order chi connectivity index (χ0) is 27.9. The molecule has 4 aromatic carbocycles. The molecule has 1 atom stereocenters. The Kier molecular flexibility index (Phi) is 9.40. The van der Waals surface area contributed by atoms with Crippen LogP contribution in [0.5, 0.6) is 0 Å². The minimum Gasteiger partial charge on any atom is -0.386 e. The number of hydrogen-bond donors (Lipinski definition) is 2. The number of benzene rings is 4. The molecule has 0 amide bonds. The van der Waals surface area contributed by atoms with Crippen LogP contribution in [0.4, 0.5) is 5.69 Å². The molecular formula is C37H41NOS2. The molecular weight excluding hydrogens is 539 g/mol. The van der Waals surface area contributed by atoms with Crippen molar-refractivity contribution in [3.63, 3.8) is 0 Å². The summed E-state index contributed by atoms with van der Waals surface area (Å²) in [5.41, 5.74) is 7.41. The van der Waals surface area contributed by atoms with E-state index in [0.717, 1.165) is 29.3 Å². The first-order valence-electron chi connectivity index (χ1n) is 15.2. The van der Waals surface area contributed by atoms with Gasteiger partial charge in [0.15, 0.2) is 0 Å². The average molecular weight is 580 g/mol. The van der Waals surface area contributed by atoms with E-state index in [2.05, 4.69) is 115 Å². The van der Waals surface area contributed by atoms with Crippen molar-refractivity contribution >= 4 is 29.2 Å². The molecule has 0 spiro atoms. The number of thioether (sulfide) groups is 2. The second-order valence-corrected chi connectivity index (χ2v) is 14.4. The van der Waals surface area contributed by atoms with Crippen LogP contribution < -0.4 is 5.32 Å². The SMILES string of the molecule is OC(c1ccc(C2CCCCC2)cc1)C1(c2ccc(NCC(c3ccccc3)c3ccccc3)cc2)SCCCS1. The van der Waals surface area contributed by atoms with E-state index in [4.69, 9.17) is 0 Å².